The Labute approximate surface area is 133 Å². The highest BCUT2D eigenvalue weighted by molar-refractivity contribution is 7.22. The Bertz CT molecular complexity index is 759. The van der Waals surface area contributed by atoms with Gasteiger partial charge in [0.05, 0.1) is 10.2 Å². The van der Waals surface area contributed by atoms with Crippen molar-refractivity contribution in [1.29, 1.82) is 0 Å². The average Bonchev–Trinajstić information content (AvgIpc) is 2.99. The molecule has 2 aromatic heterocycles. The van der Waals surface area contributed by atoms with E-state index in [9.17, 15) is 0 Å². The van der Waals surface area contributed by atoms with Gasteiger partial charge in [-0.3, -0.25) is 0 Å². The SMILES string of the molecule is Cc1ccnc(N2CCN(c3nc4ccccc4s3)CC2)n1. The van der Waals surface area contributed by atoms with Crippen LogP contribution in [0.5, 0.6) is 0 Å². The lowest BCUT2D eigenvalue weighted by atomic mass is 10.3. The molecule has 0 saturated carbocycles. The number of piperazine rings is 1. The maximum Gasteiger partial charge on any atom is 0.225 e. The summed E-state index contributed by atoms with van der Waals surface area (Å²) in [7, 11) is 0. The monoisotopic (exact) mass is 311 g/mol. The maximum atomic E-state index is 4.74. The summed E-state index contributed by atoms with van der Waals surface area (Å²) < 4.78 is 1.25. The number of rotatable bonds is 2. The summed E-state index contributed by atoms with van der Waals surface area (Å²) in [6, 6.07) is 10.2. The molecule has 4 rings (SSSR count). The normalized spacial score (nSPS) is 15.5. The van der Waals surface area contributed by atoms with Crippen molar-refractivity contribution in [1.82, 2.24) is 15.0 Å². The second-order valence-corrected chi connectivity index (χ2v) is 6.45. The van der Waals surface area contributed by atoms with Gasteiger partial charge in [-0.15, -0.1) is 0 Å². The Morgan fingerprint density at radius 3 is 2.50 bits per heavy atom. The minimum absolute atomic E-state index is 0.837. The Balaban J connectivity index is 1.49. The number of anilines is 2. The van der Waals surface area contributed by atoms with Gasteiger partial charge in [0.15, 0.2) is 5.13 Å². The van der Waals surface area contributed by atoms with Gasteiger partial charge in [-0.1, -0.05) is 23.5 Å². The number of benzene rings is 1. The van der Waals surface area contributed by atoms with E-state index in [1.807, 2.05) is 25.3 Å². The summed E-state index contributed by atoms with van der Waals surface area (Å²) in [5.74, 6) is 0.837. The first-order valence-electron chi connectivity index (χ1n) is 7.45. The summed E-state index contributed by atoms with van der Waals surface area (Å²) in [5.41, 5.74) is 2.10. The van der Waals surface area contributed by atoms with Crippen molar-refractivity contribution >= 4 is 32.6 Å². The fourth-order valence-corrected chi connectivity index (χ4v) is 3.70. The van der Waals surface area contributed by atoms with Crippen LogP contribution in [-0.4, -0.2) is 41.1 Å². The van der Waals surface area contributed by atoms with Crippen LogP contribution in [0.2, 0.25) is 0 Å². The first-order valence-corrected chi connectivity index (χ1v) is 8.26. The molecule has 22 heavy (non-hydrogen) atoms. The topological polar surface area (TPSA) is 45.2 Å². The molecule has 0 N–H and O–H groups in total. The predicted octanol–water partition coefficient (Wildman–Crippen LogP) is 2.72. The zero-order chi connectivity index (χ0) is 14.9. The Hall–Kier alpha value is -2.21. The molecule has 5 nitrogen and oxygen atoms in total. The molecule has 6 heteroatoms. The third-order valence-electron chi connectivity index (χ3n) is 3.90. The minimum Gasteiger partial charge on any atom is -0.345 e. The zero-order valence-corrected chi connectivity index (χ0v) is 13.3. The fraction of sp³-hybridized carbons (Fsp3) is 0.312. The van der Waals surface area contributed by atoms with Crippen molar-refractivity contribution in [2.75, 3.05) is 36.0 Å². The highest BCUT2D eigenvalue weighted by atomic mass is 32.1. The van der Waals surface area contributed by atoms with Crippen LogP contribution >= 0.6 is 11.3 Å². The maximum absolute atomic E-state index is 4.74. The first kappa shape index (κ1) is 13.5. The molecule has 1 aliphatic rings. The standard InChI is InChI=1S/C16H17N5S/c1-12-6-7-17-15(18-12)20-8-10-21(11-9-20)16-19-13-4-2-3-5-14(13)22-16/h2-7H,8-11H2,1H3. The van der Waals surface area contributed by atoms with Gasteiger partial charge >= 0.3 is 0 Å². The zero-order valence-electron chi connectivity index (χ0n) is 12.4. The Morgan fingerprint density at radius 1 is 0.955 bits per heavy atom. The molecule has 1 aromatic carbocycles. The second-order valence-electron chi connectivity index (χ2n) is 5.44. The van der Waals surface area contributed by atoms with Crippen molar-refractivity contribution in [3.05, 3.63) is 42.2 Å². The van der Waals surface area contributed by atoms with Gasteiger partial charge in [0, 0.05) is 38.1 Å². The number of hydrogen-bond donors (Lipinski definition) is 0. The average molecular weight is 311 g/mol. The van der Waals surface area contributed by atoms with E-state index in [-0.39, 0.29) is 0 Å². The van der Waals surface area contributed by atoms with Gasteiger partial charge in [0.25, 0.3) is 0 Å². The van der Waals surface area contributed by atoms with Crippen molar-refractivity contribution in [2.24, 2.45) is 0 Å². The lowest BCUT2D eigenvalue weighted by molar-refractivity contribution is 0.638. The molecule has 3 aromatic rings. The van der Waals surface area contributed by atoms with E-state index in [0.717, 1.165) is 48.5 Å². The molecule has 1 aliphatic heterocycles. The third-order valence-corrected chi connectivity index (χ3v) is 4.99. The van der Waals surface area contributed by atoms with Crippen molar-refractivity contribution in [3.63, 3.8) is 0 Å². The first-order chi connectivity index (χ1) is 10.8. The molecule has 1 saturated heterocycles. The summed E-state index contributed by atoms with van der Waals surface area (Å²) in [5, 5.41) is 1.12. The predicted molar refractivity (Wildman–Crippen MR) is 90.8 cm³/mol. The molecule has 112 valence electrons. The number of aryl methyl sites for hydroxylation is 1. The van der Waals surface area contributed by atoms with Crippen LogP contribution in [0, 0.1) is 6.92 Å². The van der Waals surface area contributed by atoms with Crippen LogP contribution in [0.25, 0.3) is 10.2 Å². The van der Waals surface area contributed by atoms with Gasteiger partial charge in [0.2, 0.25) is 5.95 Å². The minimum atomic E-state index is 0.837. The molecule has 0 radical (unpaired) electrons. The Kier molecular flexibility index (Phi) is 3.38. The molecule has 1 fully saturated rings. The second kappa shape index (κ2) is 5.53. The van der Waals surface area contributed by atoms with Gasteiger partial charge < -0.3 is 9.80 Å². The van der Waals surface area contributed by atoms with E-state index in [1.165, 1.54) is 4.70 Å². The summed E-state index contributed by atoms with van der Waals surface area (Å²) >= 11 is 1.77. The lowest BCUT2D eigenvalue weighted by Gasteiger charge is -2.34. The van der Waals surface area contributed by atoms with Crippen LogP contribution in [0.1, 0.15) is 5.69 Å². The van der Waals surface area contributed by atoms with Gasteiger partial charge in [0.1, 0.15) is 0 Å². The molecule has 0 atom stereocenters. The van der Waals surface area contributed by atoms with E-state index in [1.54, 1.807) is 11.3 Å². The van der Waals surface area contributed by atoms with Gasteiger partial charge in [-0.25, -0.2) is 15.0 Å². The molecular weight excluding hydrogens is 294 g/mol. The lowest BCUT2D eigenvalue weighted by Crippen LogP contribution is -2.47. The largest absolute Gasteiger partial charge is 0.345 e. The van der Waals surface area contributed by atoms with Crippen molar-refractivity contribution in [2.45, 2.75) is 6.92 Å². The molecule has 3 heterocycles. The van der Waals surface area contributed by atoms with Crippen LogP contribution in [0.15, 0.2) is 36.5 Å². The quantitative estimate of drug-likeness (QED) is 0.728. The number of nitrogens with zero attached hydrogens (tertiary/aromatic N) is 5. The smallest absolute Gasteiger partial charge is 0.225 e. The van der Waals surface area contributed by atoms with E-state index < -0.39 is 0 Å². The molecule has 0 amide bonds. The highest BCUT2D eigenvalue weighted by Gasteiger charge is 2.21. The highest BCUT2D eigenvalue weighted by Crippen LogP contribution is 2.29. The van der Waals surface area contributed by atoms with E-state index in [0.29, 0.717) is 0 Å². The summed E-state index contributed by atoms with van der Waals surface area (Å²) in [6.45, 7) is 5.77. The van der Waals surface area contributed by atoms with E-state index in [2.05, 4.69) is 38.0 Å². The summed E-state index contributed by atoms with van der Waals surface area (Å²) in [6.07, 6.45) is 1.83. The van der Waals surface area contributed by atoms with Crippen LogP contribution in [0.4, 0.5) is 11.1 Å². The van der Waals surface area contributed by atoms with Crippen LogP contribution < -0.4 is 9.80 Å². The molecule has 0 aliphatic carbocycles. The number of para-hydroxylation sites is 1. The molecule has 0 unspecified atom stereocenters. The van der Waals surface area contributed by atoms with Crippen molar-refractivity contribution < 1.29 is 0 Å². The van der Waals surface area contributed by atoms with Gasteiger partial charge in [-0.05, 0) is 25.1 Å². The van der Waals surface area contributed by atoms with Crippen LogP contribution in [-0.2, 0) is 0 Å². The number of thiazole rings is 1. The van der Waals surface area contributed by atoms with Crippen molar-refractivity contribution in [3.8, 4) is 0 Å². The van der Waals surface area contributed by atoms with Crippen LogP contribution in [0.3, 0.4) is 0 Å². The number of hydrogen-bond acceptors (Lipinski definition) is 6. The van der Waals surface area contributed by atoms with E-state index >= 15 is 0 Å². The molecule has 0 bridgehead atoms. The number of fused-ring (bicyclic) bond motifs is 1. The Morgan fingerprint density at radius 2 is 1.73 bits per heavy atom. The fourth-order valence-electron chi connectivity index (χ4n) is 2.68. The molecular formula is C16H17N5S. The third kappa shape index (κ3) is 2.50. The number of aromatic nitrogens is 3. The van der Waals surface area contributed by atoms with Gasteiger partial charge in [-0.2, -0.15) is 0 Å². The van der Waals surface area contributed by atoms with E-state index in [4.69, 9.17) is 4.98 Å². The molecule has 0 spiro atoms. The summed E-state index contributed by atoms with van der Waals surface area (Å²) in [4.78, 5) is 18.2.